The van der Waals surface area contributed by atoms with Crippen molar-refractivity contribution in [1.82, 2.24) is 0 Å². The zero-order valence-corrected chi connectivity index (χ0v) is 35.3. The van der Waals surface area contributed by atoms with Crippen molar-refractivity contribution in [2.45, 2.75) is 161 Å². The van der Waals surface area contributed by atoms with Gasteiger partial charge in [-0.1, -0.05) is 157 Å². The number of hydrogen-bond donors (Lipinski definition) is 2. The van der Waals surface area contributed by atoms with Crippen LogP contribution in [0.1, 0.15) is 155 Å². The maximum atomic E-state index is 12.5. The summed E-state index contributed by atoms with van der Waals surface area (Å²) >= 11 is 0. The van der Waals surface area contributed by atoms with Gasteiger partial charge in [-0.2, -0.15) is 0 Å². The van der Waals surface area contributed by atoms with Crippen LogP contribution in [-0.2, 0) is 32.7 Å². The van der Waals surface area contributed by atoms with Crippen LogP contribution in [0.25, 0.3) is 0 Å². The standard InChI is InChI=1S/C45H76NO8P/c1-3-5-7-9-11-13-15-17-19-20-21-22-24-25-27-29-31-33-35-37-44(47)51-41-43(42-53-55(49,50)52-40-39-46)54-45(48)38-36-34-32-30-28-26-23-18-16-14-12-10-8-6-4-2/h6,8,11-14,17-19,23,28,30,34,36,43H,3-5,7,9-10,15-16,20-22,24-27,29,31-33,35,37-42,46H2,1-2H3,(H,49,50)/b8-6-,13-11-,14-12-,19-17-,23-18-,30-28-,36-34-. The van der Waals surface area contributed by atoms with Crippen molar-refractivity contribution in [3.05, 3.63) is 85.1 Å². The SMILES string of the molecule is CC/C=C\C/C=C\C/C=C\C/C=C\C/C=C\CC(=O)OC(COC(=O)CCCCCCCCCCC/C=C\C/C=C\CCCCC)COP(=O)(O)OCCN. The number of carbonyl (C=O) groups excluding carboxylic acids is 2. The topological polar surface area (TPSA) is 134 Å². The largest absolute Gasteiger partial charge is 0.472 e. The lowest BCUT2D eigenvalue weighted by Gasteiger charge is -2.19. The Morgan fingerprint density at radius 2 is 1.05 bits per heavy atom. The molecule has 3 N–H and O–H groups in total. The van der Waals surface area contributed by atoms with E-state index in [0.29, 0.717) is 12.8 Å². The molecule has 0 aliphatic carbocycles. The van der Waals surface area contributed by atoms with Crippen molar-refractivity contribution in [3.8, 4) is 0 Å². The summed E-state index contributed by atoms with van der Waals surface area (Å²) in [5.74, 6) is -0.988. The predicted octanol–water partition coefficient (Wildman–Crippen LogP) is 12.0. The van der Waals surface area contributed by atoms with Gasteiger partial charge < -0.3 is 20.1 Å². The highest BCUT2D eigenvalue weighted by molar-refractivity contribution is 7.47. The van der Waals surface area contributed by atoms with Gasteiger partial charge in [0.25, 0.3) is 0 Å². The second-order valence-electron chi connectivity index (χ2n) is 13.5. The van der Waals surface area contributed by atoms with Crippen molar-refractivity contribution in [3.63, 3.8) is 0 Å². The van der Waals surface area contributed by atoms with E-state index in [2.05, 4.69) is 80.7 Å². The molecule has 0 amide bonds. The second-order valence-corrected chi connectivity index (χ2v) is 14.9. The Balaban J connectivity index is 4.28. The maximum absolute atomic E-state index is 12.5. The third-order valence-corrected chi connectivity index (χ3v) is 9.28. The second kappa shape index (κ2) is 40.8. The van der Waals surface area contributed by atoms with Crippen LogP contribution in [-0.4, -0.2) is 49.3 Å². The number of esters is 2. The molecule has 0 bridgehead atoms. The van der Waals surface area contributed by atoms with Gasteiger partial charge in [-0.3, -0.25) is 18.6 Å². The minimum Gasteiger partial charge on any atom is -0.462 e. The van der Waals surface area contributed by atoms with Crippen molar-refractivity contribution in [2.75, 3.05) is 26.4 Å². The van der Waals surface area contributed by atoms with Gasteiger partial charge in [-0.15, -0.1) is 0 Å². The fraction of sp³-hybridized carbons (Fsp3) is 0.644. The number of phosphoric acid groups is 1. The molecule has 9 nitrogen and oxygen atoms in total. The highest BCUT2D eigenvalue weighted by Crippen LogP contribution is 2.43. The molecule has 0 spiro atoms. The molecule has 0 saturated carbocycles. The molecule has 55 heavy (non-hydrogen) atoms. The van der Waals surface area contributed by atoms with E-state index in [1.807, 2.05) is 12.2 Å². The first-order valence-corrected chi connectivity index (χ1v) is 22.6. The molecule has 0 aromatic rings. The molecular weight excluding hydrogens is 713 g/mol. The van der Waals surface area contributed by atoms with Gasteiger partial charge in [0.1, 0.15) is 6.61 Å². The highest BCUT2D eigenvalue weighted by atomic mass is 31.2. The summed E-state index contributed by atoms with van der Waals surface area (Å²) in [6.45, 7) is 3.45. The fourth-order valence-electron chi connectivity index (χ4n) is 5.21. The van der Waals surface area contributed by atoms with Gasteiger partial charge in [-0.05, 0) is 70.6 Å². The Morgan fingerprint density at radius 1 is 0.582 bits per heavy atom. The van der Waals surface area contributed by atoms with Crippen LogP contribution in [0.4, 0.5) is 0 Å². The lowest BCUT2D eigenvalue weighted by atomic mass is 10.1. The maximum Gasteiger partial charge on any atom is 0.472 e. The lowest BCUT2D eigenvalue weighted by molar-refractivity contribution is -0.160. The number of allylic oxidation sites excluding steroid dienone is 13. The van der Waals surface area contributed by atoms with Crippen LogP contribution >= 0.6 is 7.82 Å². The van der Waals surface area contributed by atoms with E-state index < -0.39 is 32.5 Å². The Hall–Kier alpha value is -2.81. The number of phosphoric ester groups is 1. The number of unbranched alkanes of at least 4 members (excludes halogenated alkanes) is 12. The fourth-order valence-corrected chi connectivity index (χ4v) is 5.97. The predicted molar refractivity (Wildman–Crippen MR) is 229 cm³/mol. The van der Waals surface area contributed by atoms with Gasteiger partial charge in [0.15, 0.2) is 6.10 Å². The van der Waals surface area contributed by atoms with E-state index in [0.717, 1.165) is 57.8 Å². The average Bonchev–Trinajstić information content (AvgIpc) is 3.17. The summed E-state index contributed by atoms with van der Waals surface area (Å²) in [6, 6.07) is 0. The lowest BCUT2D eigenvalue weighted by Crippen LogP contribution is -2.29. The van der Waals surface area contributed by atoms with Crippen LogP contribution in [0.15, 0.2) is 85.1 Å². The Bertz CT molecular complexity index is 1170. The molecule has 0 aliphatic heterocycles. The van der Waals surface area contributed by atoms with E-state index in [9.17, 15) is 19.0 Å². The quantitative estimate of drug-likeness (QED) is 0.0271. The summed E-state index contributed by atoms with van der Waals surface area (Å²) in [5, 5.41) is 0. The Morgan fingerprint density at radius 3 is 1.58 bits per heavy atom. The summed E-state index contributed by atoms with van der Waals surface area (Å²) in [4.78, 5) is 34.8. The third kappa shape index (κ3) is 40.7. The molecule has 0 aromatic heterocycles. The normalized spacial score (nSPS) is 14.2. The molecule has 0 saturated heterocycles. The molecular formula is C45H76NO8P. The molecule has 2 unspecified atom stereocenters. The van der Waals surface area contributed by atoms with E-state index in [-0.39, 0.29) is 32.6 Å². The van der Waals surface area contributed by atoms with Crippen molar-refractivity contribution in [2.24, 2.45) is 5.73 Å². The number of hydrogen-bond acceptors (Lipinski definition) is 8. The summed E-state index contributed by atoms with van der Waals surface area (Å²) in [6.07, 6.45) is 50.7. The van der Waals surface area contributed by atoms with Crippen LogP contribution in [0.2, 0.25) is 0 Å². The zero-order valence-electron chi connectivity index (χ0n) is 34.4. The zero-order chi connectivity index (χ0) is 40.3. The molecule has 0 heterocycles. The van der Waals surface area contributed by atoms with Crippen LogP contribution < -0.4 is 5.73 Å². The van der Waals surface area contributed by atoms with E-state index >= 15 is 0 Å². The van der Waals surface area contributed by atoms with Gasteiger partial charge >= 0.3 is 19.8 Å². The average molecular weight is 790 g/mol. The van der Waals surface area contributed by atoms with Gasteiger partial charge in [-0.25, -0.2) is 4.57 Å². The molecule has 0 fully saturated rings. The number of carbonyl (C=O) groups is 2. The van der Waals surface area contributed by atoms with Crippen molar-refractivity contribution < 1.29 is 37.6 Å². The van der Waals surface area contributed by atoms with Crippen LogP contribution in [0.3, 0.4) is 0 Å². The first-order valence-electron chi connectivity index (χ1n) is 21.1. The first kappa shape index (κ1) is 52.2. The number of nitrogens with two attached hydrogens (primary N) is 1. The summed E-state index contributed by atoms with van der Waals surface area (Å²) in [7, 11) is -4.41. The van der Waals surface area contributed by atoms with Gasteiger partial charge in [0.2, 0.25) is 0 Å². The van der Waals surface area contributed by atoms with Crippen LogP contribution in [0.5, 0.6) is 0 Å². The van der Waals surface area contributed by atoms with E-state index in [1.165, 1.54) is 57.8 Å². The Labute approximate surface area is 334 Å². The molecule has 314 valence electrons. The molecule has 2 atom stereocenters. The van der Waals surface area contributed by atoms with Gasteiger partial charge in [0.05, 0.1) is 19.6 Å². The van der Waals surface area contributed by atoms with Gasteiger partial charge in [0, 0.05) is 13.0 Å². The Kier molecular flexibility index (Phi) is 38.8. The first-order chi connectivity index (χ1) is 26.8. The number of rotatable bonds is 38. The summed E-state index contributed by atoms with van der Waals surface area (Å²) in [5.41, 5.74) is 5.33. The smallest absolute Gasteiger partial charge is 0.462 e. The molecule has 0 radical (unpaired) electrons. The molecule has 10 heteroatoms. The minimum absolute atomic E-state index is 0.00681. The number of ether oxygens (including phenoxy) is 2. The molecule has 0 rings (SSSR count). The third-order valence-electron chi connectivity index (χ3n) is 8.30. The monoisotopic (exact) mass is 790 g/mol. The molecule has 0 aromatic carbocycles. The van der Waals surface area contributed by atoms with E-state index in [1.54, 1.807) is 6.08 Å². The van der Waals surface area contributed by atoms with E-state index in [4.69, 9.17) is 24.3 Å². The van der Waals surface area contributed by atoms with Crippen molar-refractivity contribution >= 4 is 19.8 Å². The summed E-state index contributed by atoms with van der Waals surface area (Å²) < 4.78 is 32.6. The van der Waals surface area contributed by atoms with Crippen molar-refractivity contribution in [1.29, 1.82) is 0 Å². The highest BCUT2D eigenvalue weighted by Gasteiger charge is 2.25. The van der Waals surface area contributed by atoms with Crippen LogP contribution in [0, 0.1) is 0 Å². The molecule has 0 aliphatic rings. The minimum atomic E-state index is -4.41.